The van der Waals surface area contributed by atoms with Gasteiger partial charge in [0.2, 0.25) is 11.8 Å². The van der Waals surface area contributed by atoms with Crippen LogP contribution in [0.2, 0.25) is 0 Å². The molecule has 0 aromatic carbocycles. The molecular formula is C16H26N4O2. The van der Waals surface area contributed by atoms with Gasteiger partial charge in [-0.05, 0) is 5.92 Å². The molecule has 22 heavy (non-hydrogen) atoms. The first kappa shape index (κ1) is 16.5. The summed E-state index contributed by atoms with van der Waals surface area (Å²) in [5.74, 6) is 1.32. The molecule has 0 spiro atoms. The smallest absolute Gasteiger partial charge is 0.225 e. The molecule has 1 unspecified atom stereocenters. The molecule has 1 aromatic rings. The van der Waals surface area contributed by atoms with E-state index in [0.717, 1.165) is 18.8 Å². The molecule has 2 amide bonds. The largest absolute Gasteiger partial charge is 0.354 e. The van der Waals surface area contributed by atoms with E-state index in [9.17, 15) is 9.59 Å². The highest BCUT2D eigenvalue weighted by molar-refractivity contribution is 5.89. The van der Waals surface area contributed by atoms with Gasteiger partial charge in [-0.3, -0.25) is 9.59 Å². The Labute approximate surface area is 131 Å². The lowest BCUT2D eigenvalue weighted by Crippen LogP contribution is -2.35. The van der Waals surface area contributed by atoms with Gasteiger partial charge in [-0.15, -0.1) is 0 Å². The molecule has 1 saturated heterocycles. The van der Waals surface area contributed by atoms with Crippen molar-refractivity contribution in [3.63, 3.8) is 0 Å². The summed E-state index contributed by atoms with van der Waals surface area (Å²) in [4.78, 5) is 30.2. The first-order valence-corrected chi connectivity index (χ1v) is 8.06. The van der Waals surface area contributed by atoms with E-state index in [1.807, 2.05) is 10.8 Å². The van der Waals surface area contributed by atoms with Crippen molar-refractivity contribution in [2.75, 3.05) is 19.6 Å². The van der Waals surface area contributed by atoms with Gasteiger partial charge in [-0.1, -0.05) is 20.8 Å². The number of hydrogen-bond donors (Lipinski definition) is 1. The SMILES string of the molecule is CCc1nccn1CCNC(=O)C1CC(=O)N(CC(C)C)C1. The number of carbonyl (C=O) groups excluding carboxylic acids is 2. The third-order valence-electron chi connectivity index (χ3n) is 3.94. The maximum Gasteiger partial charge on any atom is 0.225 e. The second kappa shape index (κ2) is 7.42. The average Bonchev–Trinajstić information content (AvgIpc) is 3.05. The van der Waals surface area contributed by atoms with E-state index in [0.29, 0.717) is 32.0 Å². The van der Waals surface area contributed by atoms with Gasteiger partial charge in [0, 0.05) is 51.4 Å². The second-order valence-corrected chi connectivity index (χ2v) is 6.28. The van der Waals surface area contributed by atoms with Crippen LogP contribution in [0.25, 0.3) is 0 Å². The van der Waals surface area contributed by atoms with E-state index in [1.54, 1.807) is 11.1 Å². The lowest BCUT2D eigenvalue weighted by Gasteiger charge is -2.18. The molecule has 1 fully saturated rings. The van der Waals surface area contributed by atoms with Gasteiger partial charge in [-0.2, -0.15) is 0 Å². The fourth-order valence-corrected chi connectivity index (χ4v) is 2.87. The number of aryl methyl sites for hydroxylation is 1. The quantitative estimate of drug-likeness (QED) is 0.819. The van der Waals surface area contributed by atoms with Crippen LogP contribution in [0.4, 0.5) is 0 Å². The fourth-order valence-electron chi connectivity index (χ4n) is 2.87. The van der Waals surface area contributed by atoms with E-state index in [1.165, 1.54) is 0 Å². The van der Waals surface area contributed by atoms with Crippen molar-refractivity contribution in [2.45, 2.75) is 40.2 Å². The van der Waals surface area contributed by atoms with Crippen LogP contribution in [0.3, 0.4) is 0 Å². The Morgan fingerprint density at radius 2 is 2.27 bits per heavy atom. The van der Waals surface area contributed by atoms with Crippen molar-refractivity contribution in [3.05, 3.63) is 18.2 Å². The number of imidazole rings is 1. The number of aromatic nitrogens is 2. The van der Waals surface area contributed by atoms with Crippen LogP contribution in [0.5, 0.6) is 0 Å². The number of carbonyl (C=O) groups is 2. The predicted octanol–water partition coefficient (Wildman–Crippen LogP) is 1.07. The molecule has 1 aromatic heterocycles. The van der Waals surface area contributed by atoms with Gasteiger partial charge in [0.15, 0.2) is 0 Å². The van der Waals surface area contributed by atoms with Crippen molar-refractivity contribution >= 4 is 11.8 Å². The first-order valence-electron chi connectivity index (χ1n) is 8.06. The third kappa shape index (κ3) is 4.08. The maximum atomic E-state index is 12.2. The Hall–Kier alpha value is -1.85. The summed E-state index contributed by atoms with van der Waals surface area (Å²) in [6.45, 7) is 8.78. The van der Waals surface area contributed by atoms with Crippen molar-refractivity contribution < 1.29 is 9.59 Å². The molecule has 0 aliphatic carbocycles. The molecule has 2 heterocycles. The van der Waals surface area contributed by atoms with Gasteiger partial charge in [0.1, 0.15) is 5.82 Å². The molecule has 122 valence electrons. The topological polar surface area (TPSA) is 67.2 Å². The Kier molecular flexibility index (Phi) is 5.57. The van der Waals surface area contributed by atoms with E-state index < -0.39 is 0 Å². The average molecular weight is 306 g/mol. The number of nitrogens with one attached hydrogen (secondary N) is 1. The molecule has 1 aliphatic heterocycles. The summed E-state index contributed by atoms with van der Waals surface area (Å²) in [5, 5.41) is 2.94. The number of rotatable bonds is 7. The zero-order valence-electron chi connectivity index (χ0n) is 13.7. The standard InChI is InChI=1S/C16H26N4O2/c1-4-14-17-5-7-19(14)8-6-18-16(22)13-9-15(21)20(11-13)10-12(2)3/h5,7,12-13H,4,6,8-11H2,1-3H3,(H,18,22). The van der Waals surface area contributed by atoms with E-state index in [-0.39, 0.29) is 17.7 Å². The zero-order valence-corrected chi connectivity index (χ0v) is 13.7. The molecule has 6 nitrogen and oxygen atoms in total. The van der Waals surface area contributed by atoms with Crippen LogP contribution < -0.4 is 5.32 Å². The molecule has 6 heteroatoms. The molecule has 1 N–H and O–H groups in total. The third-order valence-corrected chi connectivity index (χ3v) is 3.94. The summed E-state index contributed by atoms with van der Waals surface area (Å²) < 4.78 is 2.05. The van der Waals surface area contributed by atoms with E-state index >= 15 is 0 Å². The Bertz CT molecular complexity index is 524. The highest BCUT2D eigenvalue weighted by Crippen LogP contribution is 2.19. The van der Waals surface area contributed by atoms with Crippen LogP contribution in [-0.4, -0.2) is 45.9 Å². The zero-order chi connectivity index (χ0) is 16.1. The fraction of sp³-hybridized carbons (Fsp3) is 0.688. The van der Waals surface area contributed by atoms with E-state index in [2.05, 4.69) is 31.1 Å². The van der Waals surface area contributed by atoms with Crippen LogP contribution in [-0.2, 0) is 22.6 Å². The van der Waals surface area contributed by atoms with Crippen molar-refractivity contribution in [1.82, 2.24) is 19.8 Å². The van der Waals surface area contributed by atoms with Crippen LogP contribution in [0.1, 0.15) is 33.0 Å². The first-order chi connectivity index (χ1) is 10.5. The highest BCUT2D eigenvalue weighted by atomic mass is 16.2. The number of nitrogens with zero attached hydrogens (tertiary/aromatic N) is 3. The Morgan fingerprint density at radius 3 is 2.95 bits per heavy atom. The minimum absolute atomic E-state index is 0.0160. The molecule has 0 bridgehead atoms. The molecule has 0 radical (unpaired) electrons. The normalized spacial score (nSPS) is 18.3. The minimum atomic E-state index is -0.209. The summed E-state index contributed by atoms with van der Waals surface area (Å²) in [6, 6.07) is 0. The van der Waals surface area contributed by atoms with Crippen molar-refractivity contribution in [1.29, 1.82) is 0 Å². The molecule has 1 aliphatic rings. The van der Waals surface area contributed by atoms with Gasteiger partial charge in [0.25, 0.3) is 0 Å². The number of hydrogen-bond acceptors (Lipinski definition) is 3. The Morgan fingerprint density at radius 1 is 1.50 bits per heavy atom. The number of likely N-dealkylation sites (tertiary alicyclic amines) is 1. The molecule has 0 saturated carbocycles. The predicted molar refractivity (Wildman–Crippen MR) is 84.1 cm³/mol. The van der Waals surface area contributed by atoms with Crippen LogP contribution in [0, 0.1) is 11.8 Å². The van der Waals surface area contributed by atoms with Gasteiger partial charge < -0.3 is 14.8 Å². The van der Waals surface area contributed by atoms with Gasteiger partial charge in [0.05, 0.1) is 5.92 Å². The van der Waals surface area contributed by atoms with Crippen LogP contribution >= 0.6 is 0 Å². The van der Waals surface area contributed by atoms with Gasteiger partial charge in [-0.25, -0.2) is 4.98 Å². The Balaban J connectivity index is 1.77. The van der Waals surface area contributed by atoms with Crippen LogP contribution in [0.15, 0.2) is 12.4 Å². The van der Waals surface area contributed by atoms with Crippen molar-refractivity contribution in [2.24, 2.45) is 11.8 Å². The highest BCUT2D eigenvalue weighted by Gasteiger charge is 2.34. The summed E-state index contributed by atoms with van der Waals surface area (Å²) in [5.41, 5.74) is 0. The summed E-state index contributed by atoms with van der Waals surface area (Å²) in [6.07, 6.45) is 4.92. The molecule has 1 atom stereocenters. The lowest BCUT2D eigenvalue weighted by molar-refractivity contribution is -0.129. The monoisotopic (exact) mass is 306 g/mol. The van der Waals surface area contributed by atoms with E-state index in [4.69, 9.17) is 0 Å². The number of amides is 2. The minimum Gasteiger partial charge on any atom is -0.354 e. The maximum absolute atomic E-state index is 12.2. The second-order valence-electron chi connectivity index (χ2n) is 6.28. The lowest BCUT2D eigenvalue weighted by atomic mass is 10.1. The summed E-state index contributed by atoms with van der Waals surface area (Å²) >= 11 is 0. The summed E-state index contributed by atoms with van der Waals surface area (Å²) in [7, 11) is 0. The van der Waals surface area contributed by atoms with Gasteiger partial charge >= 0.3 is 0 Å². The van der Waals surface area contributed by atoms with Crippen molar-refractivity contribution in [3.8, 4) is 0 Å². The molecule has 2 rings (SSSR count). The molecular weight excluding hydrogens is 280 g/mol.